The first kappa shape index (κ1) is 76.1. The Labute approximate surface area is 528 Å². The Hall–Kier alpha value is -7.14. The van der Waals surface area contributed by atoms with E-state index in [1.165, 1.54) is 12.1 Å². The van der Waals surface area contributed by atoms with Crippen LogP contribution < -0.4 is 38.5 Å². The lowest BCUT2D eigenvalue weighted by Crippen LogP contribution is -2.50. The van der Waals surface area contributed by atoms with Crippen molar-refractivity contribution in [2.24, 2.45) is 58.6 Å². The summed E-state index contributed by atoms with van der Waals surface area (Å²) in [7, 11) is 0. The van der Waals surface area contributed by atoms with Crippen LogP contribution in [-0.2, 0) is 72.0 Å². The number of aliphatic hydroxyl groups is 1. The topological polar surface area (TPSA) is 375 Å². The highest BCUT2D eigenvalue weighted by Crippen LogP contribution is 2.24. The molecule has 0 saturated carbocycles. The predicted molar refractivity (Wildman–Crippen MR) is 342 cm³/mol. The van der Waals surface area contributed by atoms with E-state index in [1.807, 2.05) is 27.0 Å². The number of carboxylic acid groups (broad SMARTS) is 1. The Morgan fingerprint density at radius 1 is 0.472 bits per heavy atom. The van der Waals surface area contributed by atoms with Crippen molar-refractivity contribution in [2.45, 2.75) is 167 Å². The standard InChI is InChI=1S/C67H97N7O14S/c1-42(2)32-50(63(70)84)39-59(79)55(36-47-22-25-52(76)26-23-47)73-65(86)48(20-12-14-29-68)37-58(78)53(21-13-15-30-69)71-66(87)49(24-27-62(82)83)38-61(81)56(41-75)74-67(88)51(34-45-16-8-6-9-17-45)40-60(80)54(35-46-18-10-7-11-19-46)72-64(85)44(4)33-57(77)43(3)28-31-89-5/h6-11,16-19,22-23,25-26,42-44,48-51,53-56,75-76H,12-15,20-21,24,27-41,68-69H2,1-5H3,(H2,70,84)(H,71,87)(H,72,85)(H,73,86)(H,74,88)(H,82,83)/t43-,44+,48+,49+,50+,51+,53-,54-,55-,56-/m0/s1. The number of carbonyl (C=O) groups excluding carboxylic acids is 10. The molecule has 0 spiro atoms. The van der Waals surface area contributed by atoms with Crippen molar-refractivity contribution in [3.8, 4) is 5.75 Å². The van der Waals surface area contributed by atoms with Gasteiger partial charge in [0.25, 0.3) is 0 Å². The number of carboxylic acids is 1. The van der Waals surface area contributed by atoms with Crippen molar-refractivity contribution in [1.29, 1.82) is 0 Å². The summed E-state index contributed by atoms with van der Waals surface area (Å²) in [6, 6.07) is 18.5. The van der Waals surface area contributed by atoms with E-state index in [4.69, 9.17) is 17.2 Å². The molecule has 21 nitrogen and oxygen atoms in total. The van der Waals surface area contributed by atoms with E-state index in [2.05, 4.69) is 21.3 Å². The minimum Gasteiger partial charge on any atom is -0.508 e. The zero-order chi connectivity index (χ0) is 66.0. The summed E-state index contributed by atoms with van der Waals surface area (Å²) in [6.45, 7) is 6.75. The number of aliphatic carboxylic acids is 1. The molecule has 0 bridgehead atoms. The third-order valence-corrected chi connectivity index (χ3v) is 16.6. The minimum absolute atomic E-state index is 0.0112. The monoisotopic (exact) mass is 1260 g/mol. The number of hydrogen-bond acceptors (Lipinski definition) is 16. The number of hydrogen-bond donors (Lipinski definition) is 10. The second-order valence-corrected chi connectivity index (χ2v) is 24.9. The molecule has 0 unspecified atom stereocenters. The van der Waals surface area contributed by atoms with Gasteiger partial charge in [-0.15, -0.1) is 0 Å². The lowest BCUT2D eigenvalue weighted by atomic mass is 9.87. The van der Waals surface area contributed by atoms with Gasteiger partial charge in [0.2, 0.25) is 29.5 Å². The number of Topliss-reactive ketones (excluding diaryl/α,β-unsaturated/α-hetero) is 5. The van der Waals surface area contributed by atoms with Gasteiger partial charge < -0.3 is 53.8 Å². The van der Waals surface area contributed by atoms with Crippen molar-refractivity contribution in [3.05, 3.63) is 102 Å². The summed E-state index contributed by atoms with van der Waals surface area (Å²) >= 11 is 1.62. The van der Waals surface area contributed by atoms with Crippen molar-refractivity contribution in [3.63, 3.8) is 0 Å². The maximum Gasteiger partial charge on any atom is 0.303 e. The Bertz CT molecular complexity index is 2750. The Balaban J connectivity index is 1.93. The van der Waals surface area contributed by atoms with Crippen LogP contribution in [0, 0.1) is 41.4 Å². The SMILES string of the molecule is CSCC[C@H](C)C(=O)C[C@@H](C)C(=O)N[C@@H](Cc1ccccc1)C(=O)C[C@@H](Cc1ccccc1)C(=O)N[C@@H](CO)C(=O)C[C@@H](CCC(=O)O)C(=O)N[C@@H](CCCCN)C(=O)C[C@@H](CCCCN)C(=O)N[C@@H](Cc1ccc(O)cc1)C(=O)C[C@@H](CC(C)C)C(N)=O. The summed E-state index contributed by atoms with van der Waals surface area (Å²) in [6.07, 6.45) is 1.92. The number of ketones is 5. The normalized spacial score (nSPS) is 14.7. The van der Waals surface area contributed by atoms with Crippen LogP contribution in [0.25, 0.3) is 0 Å². The molecule has 0 fully saturated rings. The largest absolute Gasteiger partial charge is 0.508 e. The summed E-state index contributed by atoms with van der Waals surface area (Å²) in [5.74, 6) is -12.1. The zero-order valence-electron chi connectivity index (χ0n) is 52.5. The summed E-state index contributed by atoms with van der Waals surface area (Å²) in [5, 5.41) is 41.4. The number of aromatic hydroxyl groups is 1. The number of carbonyl (C=O) groups is 11. The molecule has 0 aliphatic rings. The molecule has 3 aromatic rings. The first-order valence-corrected chi connectivity index (χ1v) is 32.5. The molecule has 0 aromatic heterocycles. The van der Waals surface area contributed by atoms with Gasteiger partial charge in [0.05, 0.1) is 24.7 Å². The fourth-order valence-electron chi connectivity index (χ4n) is 10.5. The lowest BCUT2D eigenvalue weighted by Gasteiger charge is -2.26. The molecule has 0 aliphatic heterocycles. The number of unbranched alkanes of at least 4 members (excludes halogenated alkanes) is 2. The zero-order valence-corrected chi connectivity index (χ0v) is 53.3. The number of primary amides is 1. The van der Waals surface area contributed by atoms with Crippen molar-refractivity contribution in [1.82, 2.24) is 21.3 Å². The number of amides is 5. The molecule has 10 atom stereocenters. The predicted octanol–water partition coefficient (Wildman–Crippen LogP) is 5.29. The van der Waals surface area contributed by atoms with Crippen molar-refractivity contribution >= 4 is 76.2 Å². The summed E-state index contributed by atoms with van der Waals surface area (Å²) in [5.41, 5.74) is 19.3. The molecular formula is C67H97N7O14S. The van der Waals surface area contributed by atoms with Gasteiger partial charge in [0.15, 0.2) is 23.1 Å². The molecule has 0 radical (unpaired) electrons. The molecule has 0 saturated heterocycles. The number of nitrogens with two attached hydrogens (primary N) is 3. The second kappa shape index (κ2) is 41.2. The number of benzene rings is 3. The van der Waals surface area contributed by atoms with Crippen LogP contribution in [0.3, 0.4) is 0 Å². The van der Waals surface area contributed by atoms with E-state index in [-0.39, 0.29) is 81.4 Å². The molecule has 490 valence electrons. The number of aliphatic hydroxyl groups excluding tert-OH is 1. The molecule has 89 heavy (non-hydrogen) atoms. The molecule has 13 N–H and O–H groups in total. The van der Waals surface area contributed by atoms with E-state index >= 15 is 0 Å². The molecule has 22 heteroatoms. The van der Waals surface area contributed by atoms with E-state index in [1.54, 1.807) is 91.5 Å². The Morgan fingerprint density at radius 2 is 0.910 bits per heavy atom. The highest BCUT2D eigenvalue weighted by atomic mass is 32.2. The van der Waals surface area contributed by atoms with E-state index in [0.717, 1.165) is 5.75 Å². The molecule has 0 aliphatic carbocycles. The third-order valence-electron chi connectivity index (χ3n) is 16.0. The third kappa shape index (κ3) is 28.9. The van der Waals surface area contributed by atoms with Crippen LogP contribution in [-0.4, -0.2) is 136 Å². The van der Waals surface area contributed by atoms with Crippen LogP contribution in [0.15, 0.2) is 84.9 Å². The average Bonchev–Trinajstić information content (AvgIpc) is 2.72. The fraction of sp³-hybridized carbons (Fsp3) is 0.567. The van der Waals surface area contributed by atoms with Crippen molar-refractivity contribution < 1.29 is 68.1 Å². The van der Waals surface area contributed by atoms with Crippen LogP contribution in [0.2, 0.25) is 0 Å². The first-order chi connectivity index (χ1) is 42.4. The maximum absolute atomic E-state index is 14.6. The molecule has 3 rings (SSSR count). The van der Waals surface area contributed by atoms with E-state index in [9.17, 15) is 68.1 Å². The smallest absolute Gasteiger partial charge is 0.303 e. The highest BCUT2D eigenvalue weighted by Gasteiger charge is 2.36. The van der Waals surface area contributed by atoms with Crippen LogP contribution in [0.1, 0.15) is 141 Å². The van der Waals surface area contributed by atoms with Crippen molar-refractivity contribution in [2.75, 3.05) is 31.7 Å². The lowest BCUT2D eigenvalue weighted by molar-refractivity contribution is -0.139. The Kier molecular flexibility index (Phi) is 35.2. The molecular weight excluding hydrogens is 1160 g/mol. The molecule has 3 aromatic carbocycles. The quantitative estimate of drug-likeness (QED) is 0.0321. The van der Waals surface area contributed by atoms with Crippen LogP contribution in [0.4, 0.5) is 0 Å². The van der Waals surface area contributed by atoms with E-state index in [0.29, 0.717) is 55.2 Å². The van der Waals surface area contributed by atoms with Gasteiger partial charge >= 0.3 is 5.97 Å². The fourth-order valence-corrected chi connectivity index (χ4v) is 11.1. The molecule has 5 amide bonds. The molecule has 0 heterocycles. The minimum atomic E-state index is -1.65. The first-order valence-electron chi connectivity index (χ1n) is 31.1. The summed E-state index contributed by atoms with van der Waals surface area (Å²) in [4.78, 5) is 152. The number of phenolic OH excluding ortho intramolecular Hbond substituents is 1. The number of phenols is 1. The number of nitrogens with one attached hydrogen (secondary N) is 4. The maximum atomic E-state index is 14.6. The average molecular weight is 1260 g/mol. The van der Waals surface area contributed by atoms with Gasteiger partial charge in [0, 0.05) is 74.0 Å². The van der Waals surface area contributed by atoms with Gasteiger partial charge in [-0.05, 0) is 130 Å². The van der Waals surface area contributed by atoms with E-state index < -0.39 is 151 Å². The van der Waals surface area contributed by atoms with Gasteiger partial charge in [-0.3, -0.25) is 52.7 Å². The van der Waals surface area contributed by atoms with Gasteiger partial charge in [0.1, 0.15) is 17.6 Å². The van der Waals surface area contributed by atoms with Gasteiger partial charge in [-0.1, -0.05) is 107 Å². The number of rotatable bonds is 47. The van der Waals surface area contributed by atoms with Gasteiger partial charge in [-0.2, -0.15) is 11.8 Å². The number of thioether (sulfide) groups is 1. The van der Waals surface area contributed by atoms with Crippen LogP contribution in [0.5, 0.6) is 5.75 Å². The van der Waals surface area contributed by atoms with Gasteiger partial charge in [-0.25, -0.2) is 0 Å². The second-order valence-electron chi connectivity index (χ2n) is 23.9. The van der Waals surface area contributed by atoms with Crippen LogP contribution >= 0.6 is 11.8 Å². The Morgan fingerprint density at radius 3 is 1.42 bits per heavy atom. The summed E-state index contributed by atoms with van der Waals surface area (Å²) < 4.78 is 0. The highest BCUT2D eigenvalue weighted by molar-refractivity contribution is 7.98.